The number of aryl methyl sites for hydroxylation is 1. The van der Waals surface area contributed by atoms with Crippen molar-refractivity contribution < 1.29 is 4.74 Å². The van der Waals surface area contributed by atoms with E-state index in [1.807, 2.05) is 13.0 Å². The predicted octanol–water partition coefficient (Wildman–Crippen LogP) is 2.66. The summed E-state index contributed by atoms with van der Waals surface area (Å²) >= 11 is 3.56. The van der Waals surface area contributed by atoms with Crippen LogP contribution in [0.3, 0.4) is 0 Å². The Kier molecular flexibility index (Phi) is 1.99. The molecule has 2 nitrogen and oxygen atoms in total. The fraction of sp³-hybridized carbons (Fsp3) is 0.400. The molecule has 0 saturated heterocycles. The van der Waals surface area contributed by atoms with Gasteiger partial charge in [-0.25, -0.2) is 0 Å². The van der Waals surface area contributed by atoms with Crippen LogP contribution in [-0.4, -0.2) is 6.10 Å². The Balaban J connectivity index is 2.62. The zero-order valence-corrected chi connectivity index (χ0v) is 9.31. The molecule has 1 aliphatic rings. The third kappa shape index (κ3) is 1.31. The monoisotopic (exact) mass is 241 g/mol. The van der Waals surface area contributed by atoms with Crippen LogP contribution in [0.15, 0.2) is 10.5 Å². The van der Waals surface area contributed by atoms with Crippen LogP contribution in [0.2, 0.25) is 0 Å². The number of ether oxygens (including phenoxy) is 1. The number of hydrogen-bond donors (Lipinski definition) is 1. The first-order chi connectivity index (χ1) is 6.09. The molecule has 0 amide bonds. The minimum Gasteiger partial charge on any atom is -0.488 e. The van der Waals surface area contributed by atoms with Crippen LogP contribution in [0.4, 0.5) is 5.69 Å². The second kappa shape index (κ2) is 2.91. The lowest BCUT2D eigenvalue weighted by atomic mass is 10.1. The van der Waals surface area contributed by atoms with Crippen LogP contribution in [0.1, 0.15) is 18.1 Å². The number of rotatable bonds is 0. The fourth-order valence-corrected chi connectivity index (χ4v) is 2.18. The summed E-state index contributed by atoms with van der Waals surface area (Å²) in [6.07, 6.45) is 1.19. The average Bonchev–Trinajstić information content (AvgIpc) is 2.44. The summed E-state index contributed by atoms with van der Waals surface area (Å²) < 4.78 is 6.76. The summed E-state index contributed by atoms with van der Waals surface area (Å²) in [6, 6.07) is 1.95. The van der Waals surface area contributed by atoms with Crippen LogP contribution < -0.4 is 10.5 Å². The highest BCUT2D eigenvalue weighted by Crippen LogP contribution is 2.40. The summed E-state index contributed by atoms with van der Waals surface area (Å²) in [5.74, 6) is 0.866. The number of fused-ring (bicyclic) bond motifs is 1. The van der Waals surface area contributed by atoms with Gasteiger partial charge in [-0.1, -0.05) is 15.9 Å². The molecule has 1 heterocycles. The lowest BCUT2D eigenvalue weighted by Crippen LogP contribution is -2.05. The van der Waals surface area contributed by atoms with E-state index < -0.39 is 0 Å². The predicted molar refractivity (Wildman–Crippen MR) is 57.1 cm³/mol. The second-order valence-electron chi connectivity index (χ2n) is 3.54. The first-order valence-corrected chi connectivity index (χ1v) is 5.13. The molecule has 0 bridgehead atoms. The number of anilines is 1. The highest BCUT2D eigenvalue weighted by atomic mass is 79.9. The van der Waals surface area contributed by atoms with Gasteiger partial charge in [0.15, 0.2) is 0 Å². The van der Waals surface area contributed by atoms with Gasteiger partial charge in [-0.15, -0.1) is 0 Å². The lowest BCUT2D eigenvalue weighted by Gasteiger charge is -2.08. The first-order valence-electron chi connectivity index (χ1n) is 4.33. The van der Waals surface area contributed by atoms with E-state index in [0.29, 0.717) is 0 Å². The van der Waals surface area contributed by atoms with Gasteiger partial charge in [0.2, 0.25) is 0 Å². The zero-order chi connectivity index (χ0) is 9.59. The summed E-state index contributed by atoms with van der Waals surface area (Å²) in [7, 11) is 0. The maximum Gasteiger partial charge on any atom is 0.147 e. The normalized spacial score (nSPS) is 19.8. The molecule has 1 unspecified atom stereocenters. The Morgan fingerprint density at radius 2 is 2.31 bits per heavy atom. The number of halogens is 1. The average molecular weight is 242 g/mol. The van der Waals surface area contributed by atoms with Gasteiger partial charge in [0, 0.05) is 16.5 Å². The largest absolute Gasteiger partial charge is 0.488 e. The van der Waals surface area contributed by atoms with Gasteiger partial charge in [-0.05, 0) is 25.5 Å². The molecule has 2 N–H and O–H groups in total. The van der Waals surface area contributed by atoms with E-state index in [0.717, 1.165) is 22.3 Å². The zero-order valence-electron chi connectivity index (χ0n) is 7.73. The van der Waals surface area contributed by atoms with Crippen molar-refractivity contribution in [1.82, 2.24) is 0 Å². The van der Waals surface area contributed by atoms with Gasteiger partial charge in [-0.2, -0.15) is 0 Å². The molecule has 0 aliphatic carbocycles. The van der Waals surface area contributed by atoms with Gasteiger partial charge >= 0.3 is 0 Å². The van der Waals surface area contributed by atoms with Crippen molar-refractivity contribution >= 4 is 21.6 Å². The quantitative estimate of drug-likeness (QED) is 0.710. The number of hydrogen-bond acceptors (Lipinski definition) is 2. The summed E-state index contributed by atoms with van der Waals surface area (Å²) in [4.78, 5) is 0. The number of nitrogen functional groups attached to an aromatic ring is 1. The van der Waals surface area contributed by atoms with Crippen molar-refractivity contribution in [3.63, 3.8) is 0 Å². The standard InChI is InChI=1S/C10H12BrNO/c1-5-3-8(12)10-7(9(5)11)4-6(2)13-10/h3,6H,4,12H2,1-2H3. The molecule has 1 aromatic rings. The van der Waals surface area contributed by atoms with E-state index in [-0.39, 0.29) is 6.10 Å². The van der Waals surface area contributed by atoms with Crippen LogP contribution in [-0.2, 0) is 6.42 Å². The molecule has 13 heavy (non-hydrogen) atoms. The summed E-state index contributed by atoms with van der Waals surface area (Å²) in [5.41, 5.74) is 9.00. The van der Waals surface area contributed by atoms with Crippen molar-refractivity contribution in [2.75, 3.05) is 5.73 Å². The topological polar surface area (TPSA) is 35.2 Å². The molecule has 0 spiro atoms. The third-order valence-corrected chi connectivity index (χ3v) is 3.43. The molecule has 2 rings (SSSR count). The van der Waals surface area contributed by atoms with Gasteiger partial charge in [0.05, 0.1) is 5.69 Å². The van der Waals surface area contributed by atoms with Gasteiger partial charge in [0.25, 0.3) is 0 Å². The van der Waals surface area contributed by atoms with Crippen LogP contribution in [0.25, 0.3) is 0 Å². The number of benzene rings is 1. The summed E-state index contributed by atoms with van der Waals surface area (Å²) in [6.45, 7) is 4.10. The van der Waals surface area contributed by atoms with E-state index in [1.165, 1.54) is 11.1 Å². The van der Waals surface area contributed by atoms with Crippen molar-refractivity contribution in [2.24, 2.45) is 0 Å². The Morgan fingerprint density at radius 3 is 3.00 bits per heavy atom. The maximum atomic E-state index is 5.86. The van der Waals surface area contributed by atoms with E-state index in [4.69, 9.17) is 10.5 Å². The molecule has 1 aromatic carbocycles. The van der Waals surface area contributed by atoms with Crippen LogP contribution in [0, 0.1) is 6.92 Å². The molecule has 70 valence electrons. The van der Waals surface area contributed by atoms with E-state index in [2.05, 4.69) is 22.9 Å². The van der Waals surface area contributed by atoms with Crippen molar-refractivity contribution in [3.8, 4) is 5.75 Å². The molecule has 0 saturated carbocycles. The molecule has 1 atom stereocenters. The van der Waals surface area contributed by atoms with Gasteiger partial charge < -0.3 is 10.5 Å². The number of nitrogens with two attached hydrogens (primary N) is 1. The lowest BCUT2D eigenvalue weighted by molar-refractivity contribution is 0.256. The SMILES string of the molecule is Cc1cc(N)c2c(c1Br)CC(C)O2. The first kappa shape index (κ1) is 8.88. The smallest absolute Gasteiger partial charge is 0.147 e. The Morgan fingerprint density at radius 1 is 1.62 bits per heavy atom. The van der Waals surface area contributed by atoms with Crippen molar-refractivity contribution in [2.45, 2.75) is 26.4 Å². The molecule has 0 radical (unpaired) electrons. The third-order valence-electron chi connectivity index (χ3n) is 2.33. The van der Waals surface area contributed by atoms with Crippen molar-refractivity contribution in [3.05, 3.63) is 21.7 Å². The molecular weight excluding hydrogens is 230 g/mol. The Labute approximate surface area is 86.2 Å². The molecular formula is C10H12BrNO. The Bertz CT molecular complexity index is 362. The molecule has 0 aromatic heterocycles. The highest BCUT2D eigenvalue weighted by molar-refractivity contribution is 9.10. The van der Waals surface area contributed by atoms with Crippen molar-refractivity contribution in [1.29, 1.82) is 0 Å². The minimum absolute atomic E-state index is 0.246. The minimum atomic E-state index is 0.246. The molecule has 0 fully saturated rings. The molecule has 3 heteroatoms. The van der Waals surface area contributed by atoms with Gasteiger partial charge in [-0.3, -0.25) is 0 Å². The fourth-order valence-electron chi connectivity index (χ4n) is 1.73. The summed E-state index contributed by atoms with van der Waals surface area (Å²) in [5, 5.41) is 0. The van der Waals surface area contributed by atoms with E-state index in [1.54, 1.807) is 0 Å². The van der Waals surface area contributed by atoms with Gasteiger partial charge in [0.1, 0.15) is 11.9 Å². The van der Waals surface area contributed by atoms with E-state index in [9.17, 15) is 0 Å². The second-order valence-corrected chi connectivity index (χ2v) is 4.33. The van der Waals surface area contributed by atoms with E-state index >= 15 is 0 Å². The van der Waals surface area contributed by atoms with Crippen LogP contribution >= 0.6 is 15.9 Å². The molecule has 1 aliphatic heterocycles. The van der Waals surface area contributed by atoms with Crippen LogP contribution in [0.5, 0.6) is 5.75 Å². The highest BCUT2D eigenvalue weighted by Gasteiger charge is 2.24. The Hall–Kier alpha value is -0.700. The maximum absolute atomic E-state index is 5.86.